The molecule has 2 atom stereocenters. The maximum absolute atomic E-state index is 13.1. The zero-order valence-electron chi connectivity index (χ0n) is 12.2. The quantitative estimate of drug-likeness (QED) is 0.897. The van der Waals surface area contributed by atoms with E-state index in [4.69, 9.17) is 0 Å². The fourth-order valence-corrected chi connectivity index (χ4v) is 3.13. The van der Waals surface area contributed by atoms with Crippen LogP contribution in [0.4, 0.5) is 8.78 Å². The summed E-state index contributed by atoms with van der Waals surface area (Å²) in [5.41, 5.74) is -0.156. The molecular formula is C16H21F2NO2. The van der Waals surface area contributed by atoms with Crippen LogP contribution in [0.25, 0.3) is 0 Å². The Bertz CT molecular complexity index is 521. The topological polar surface area (TPSA) is 49.3 Å². The monoisotopic (exact) mass is 297 g/mol. The lowest BCUT2D eigenvalue weighted by Crippen LogP contribution is -2.54. The lowest BCUT2D eigenvalue weighted by Gasteiger charge is -2.39. The van der Waals surface area contributed by atoms with Crippen LogP contribution in [0.3, 0.4) is 0 Å². The van der Waals surface area contributed by atoms with Crippen molar-refractivity contribution in [2.45, 2.75) is 44.6 Å². The summed E-state index contributed by atoms with van der Waals surface area (Å²) in [6, 6.07) is 3.44. The predicted molar refractivity (Wildman–Crippen MR) is 75.7 cm³/mol. The maximum atomic E-state index is 13.1. The lowest BCUT2D eigenvalue weighted by atomic mass is 9.76. The van der Waals surface area contributed by atoms with Crippen LogP contribution in [0.5, 0.6) is 0 Å². The predicted octanol–water partition coefficient (Wildman–Crippen LogP) is 2.56. The number of amides is 1. The van der Waals surface area contributed by atoms with Crippen molar-refractivity contribution in [3.05, 3.63) is 35.4 Å². The van der Waals surface area contributed by atoms with Gasteiger partial charge in [0.1, 0.15) is 0 Å². The van der Waals surface area contributed by atoms with Gasteiger partial charge in [-0.15, -0.1) is 0 Å². The van der Waals surface area contributed by atoms with Crippen molar-refractivity contribution in [3.8, 4) is 0 Å². The summed E-state index contributed by atoms with van der Waals surface area (Å²) in [6.45, 7) is 2.01. The summed E-state index contributed by atoms with van der Waals surface area (Å²) in [5.74, 6) is -1.70. The zero-order valence-corrected chi connectivity index (χ0v) is 12.2. The second-order valence-electron chi connectivity index (χ2n) is 6.11. The number of rotatable bonds is 4. The molecular weight excluding hydrogens is 276 g/mol. The highest BCUT2D eigenvalue weighted by atomic mass is 19.2. The van der Waals surface area contributed by atoms with E-state index in [0.717, 1.165) is 37.8 Å². The molecule has 3 nitrogen and oxygen atoms in total. The Kier molecular flexibility index (Phi) is 4.93. The maximum Gasteiger partial charge on any atom is 0.224 e. The number of benzene rings is 1. The largest absolute Gasteiger partial charge is 0.394 e. The van der Waals surface area contributed by atoms with Gasteiger partial charge in [0.2, 0.25) is 5.91 Å². The van der Waals surface area contributed by atoms with E-state index in [-0.39, 0.29) is 18.9 Å². The number of carbonyl (C=O) groups is 1. The highest BCUT2D eigenvalue weighted by molar-refractivity contribution is 5.79. The molecule has 0 aliphatic heterocycles. The van der Waals surface area contributed by atoms with Crippen molar-refractivity contribution in [3.63, 3.8) is 0 Å². The third kappa shape index (κ3) is 4.00. The van der Waals surface area contributed by atoms with Gasteiger partial charge in [-0.2, -0.15) is 0 Å². The van der Waals surface area contributed by atoms with E-state index in [1.165, 1.54) is 6.07 Å². The minimum atomic E-state index is -0.955. The molecule has 0 bridgehead atoms. The summed E-state index contributed by atoms with van der Waals surface area (Å²) in [6.07, 6.45) is 3.53. The van der Waals surface area contributed by atoms with Gasteiger partial charge >= 0.3 is 0 Å². The van der Waals surface area contributed by atoms with Gasteiger partial charge in [-0.3, -0.25) is 4.79 Å². The highest BCUT2D eigenvalue weighted by Crippen LogP contribution is 2.32. The molecule has 2 unspecified atom stereocenters. The van der Waals surface area contributed by atoms with E-state index in [1.807, 2.05) is 0 Å². The van der Waals surface area contributed by atoms with Crippen LogP contribution in [-0.2, 0) is 11.2 Å². The third-order valence-electron chi connectivity index (χ3n) is 4.15. The number of hydrogen-bond donors (Lipinski definition) is 2. The van der Waals surface area contributed by atoms with E-state index in [1.54, 1.807) is 0 Å². The molecule has 0 aromatic heterocycles. The van der Waals surface area contributed by atoms with Crippen molar-refractivity contribution in [1.29, 1.82) is 0 Å². The van der Waals surface area contributed by atoms with Gasteiger partial charge in [0.25, 0.3) is 0 Å². The summed E-state index contributed by atoms with van der Waals surface area (Å²) >= 11 is 0. The Hall–Kier alpha value is -1.49. The first kappa shape index (κ1) is 15.9. The Labute approximate surface area is 123 Å². The number of halogens is 2. The normalized spacial score (nSPS) is 25.6. The SMILES string of the molecule is CC1CCCC(CO)(NC(=O)Cc2ccc(F)c(F)c2)C1. The van der Waals surface area contributed by atoms with Gasteiger partial charge < -0.3 is 10.4 Å². The van der Waals surface area contributed by atoms with Gasteiger partial charge in [0, 0.05) is 0 Å². The van der Waals surface area contributed by atoms with Crippen LogP contribution in [0.15, 0.2) is 18.2 Å². The molecule has 1 aromatic rings. The van der Waals surface area contributed by atoms with Crippen LogP contribution in [0.1, 0.15) is 38.2 Å². The summed E-state index contributed by atoms with van der Waals surface area (Å²) < 4.78 is 26.0. The third-order valence-corrected chi connectivity index (χ3v) is 4.15. The van der Waals surface area contributed by atoms with Gasteiger partial charge in [-0.1, -0.05) is 25.8 Å². The first-order valence-electron chi connectivity index (χ1n) is 7.30. The fraction of sp³-hybridized carbons (Fsp3) is 0.562. The molecule has 0 radical (unpaired) electrons. The minimum Gasteiger partial charge on any atom is -0.394 e. The molecule has 0 heterocycles. The Morgan fingerprint density at radius 1 is 1.43 bits per heavy atom. The van der Waals surface area contributed by atoms with Crippen LogP contribution in [-0.4, -0.2) is 23.2 Å². The number of nitrogens with one attached hydrogen (secondary N) is 1. The molecule has 1 saturated carbocycles. The standard InChI is InChI=1S/C16H21F2NO2/c1-11-3-2-6-16(9-11,10-20)19-15(21)8-12-4-5-13(17)14(18)7-12/h4-5,7,11,20H,2-3,6,8-10H2,1H3,(H,19,21). The summed E-state index contributed by atoms with van der Waals surface area (Å²) in [4.78, 5) is 12.1. The van der Waals surface area contributed by atoms with Gasteiger partial charge in [0.15, 0.2) is 11.6 Å². The molecule has 116 valence electrons. The molecule has 2 rings (SSSR count). The lowest BCUT2D eigenvalue weighted by molar-refractivity contribution is -0.123. The Morgan fingerprint density at radius 3 is 2.81 bits per heavy atom. The summed E-state index contributed by atoms with van der Waals surface area (Å²) in [7, 11) is 0. The van der Waals surface area contributed by atoms with Crippen molar-refractivity contribution in [2.24, 2.45) is 5.92 Å². The van der Waals surface area contributed by atoms with E-state index in [0.29, 0.717) is 11.5 Å². The van der Waals surface area contributed by atoms with E-state index in [9.17, 15) is 18.7 Å². The van der Waals surface area contributed by atoms with Crippen molar-refractivity contribution in [2.75, 3.05) is 6.61 Å². The second-order valence-corrected chi connectivity index (χ2v) is 6.11. The average Bonchev–Trinajstić information content (AvgIpc) is 2.43. The molecule has 1 aliphatic rings. The molecule has 5 heteroatoms. The zero-order chi connectivity index (χ0) is 15.5. The molecule has 1 fully saturated rings. The first-order chi connectivity index (χ1) is 9.94. The van der Waals surface area contributed by atoms with Crippen LogP contribution < -0.4 is 5.32 Å². The number of aliphatic hydroxyl groups excluding tert-OH is 1. The molecule has 21 heavy (non-hydrogen) atoms. The molecule has 1 aliphatic carbocycles. The smallest absolute Gasteiger partial charge is 0.224 e. The van der Waals surface area contributed by atoms with Crippen molar-refractivity contribution >= 4 is 5.91 Å². The molecule has 1 amide bonds. The highest BCUT2D eigenvalue weighted by Gasteiger charge is 2.35. The van der Waals surface area contributed by atoms with Crippen molar-refractivity contribution in [1.82, 2.24) is 5.32 Å². The van der Waals surface area contributed by atoms with E-state index in [2.05, 4.69) is 12.2 Å². The molecule has 0 spiro atoms. The van der Waals surface area contributed by atoms with Gasteiger partial charge in [0.05, 0.1) is 18.6 Å². The van der Waals surface area contributed by atoms with Crippen molar-refractivity contribution < 1.29 is 18.7 Å². The molecule has 0 saturated heterocycles. The van der Waals surface area contributed by atoms with Crippen LogP contribution >= 0.6 is 0 Å². The second kappa shape index (κ2) is 6.52. The minimum absolute atomic E-state index is 0.0205. The van der Waals surface area contributed by atoms with Crippen LogP contribution in [0.2, 0.25) is 0 Å². The molecule has 2 N–H and O–H groups in total. The van der Waals surface area contributed by atoms with E-state index < -0.39 is 17.2 Å². The van der Waals surface area contributed by atoms with Crippen LogP contribution in [0, 0.1) is 17.6 Å². The Balaban J connectivity index is 2.01. The Morgan fingerprint density at radius 2 is 2.19 bits per heavy atom. The average molecular weight is 297 g/mol. The number of carbonyl (C=O) groups excluding carboxylic acids is 1. The van der Waals surface area contributed by atoms with Gasteiger partial charge in [-0.05, 0) is 36.5 Å². The number of hydrogen-bond acceptors (Lipinski definition) is 2. The fourth-order valence-electron chi connectivity index (χ4n) is 3.13. The van der Waals surface area contributed by atoms with E-state index >= 15 is 0 Å². The summed E-state index contributed by atoms with van der Waals surface area (Å²) in [5, 5.41) is 12.5. The first-order valence-corrected chi connectivity index (χ1v) is 7.30. The molecule has 1 aromatic carbocycles. The number of aliphatic hydroxyl groups is 1. The van der Waals surface area contributed by atoms with Gasteiger partial charge in [-0.25, -0.2) is 8.78 Å².